The van der Waals surface area contributed by atoms with Crippen LogP contribution in [0, 0.1) is 5.92 Å². The van der Waals surface area contributed by atoms with Crippen molar-refractivity contribution >= 4 is 17.3 Å². The number of rotatable bonds is 8. The summed E-state index contributed by atoms with van der Waals surface area (Å²) >= 11 is 0. The molecule has 1 amide bonds. The fourth-order valence-electron chi connectivity index (χ4n) is 3.56. The second-order valence-electron chi connectivity index (χ2n) is 7.20. The van der Waals surface area contributed by atoms with E-state index in [-0.39, 0.29) is 17.4 Å². The van der Waals surface area contributed by atoms with Crippen LogP contribution in [0.25, 0.3) is 0 Å². The van der Waals surface area contributed by atoms with Gasteiger partial charge in [-0.15, -0.1) is 0 Å². The molecule has 0 spiro atoms. The summed E-state index contributed by atoms with van der Waals surface area (Å²) in [5.74, 6) is 0.983. The number of nitrogens with one attached hydrogen (secondary N) is 1. The van der Waals surface area contributed by atoms with Gasteiger partial charge in [0.15, 0.2) is 0 Å². The maximum Gasteiger partial charge on any atom is 0.268 e. The normalized spacial score (nSPS) is 16.5. The minimum Gasteiger partial charge on any atom is -0.497 e. The second kappa shape index (κ2) is 10.1. The Morgan fingerprint density at radius 2 is 2.07 bits per heavy atom. The lowest BCUT2D eigenvalue weighted by molar-refractivity contribution is -0.117. The molecule has 29 heavy (non-hydrogen) atoms. The number of nitrogens with zero attached hydrogens (tertiary/aromatic N) is 3. The third kappa shape index (κ3) is 5.80. The summed E-state index contributed by atoms with van der Waals surface area (Å²) in [6.45, 7) is 2.48. The molecule has 1 saturated heterocycles. The first-order valence-corrected chi connectivity index (χ1v) is 9.84. The molecule has 1 unspecified atom stereocenters. The van der Waals surface area contributed by atoms with Gasteiger partial charge in [-0.3, -0.25) is 9.59 Å². The van der Waals surface area contributed by atoms with Crippen molar-refractivity contribution in [2.24, 2.45) is 5.92 Å². The highest BCUT2D eigenvalue weighted by Gasteiger charge is 2.23. The summed E-state index contributed by atoms with van der Waals surface area (Å²) in [7, 11) is 3.21. The number of carbonyl (C=O) groups is 1. The van der Waals surface area contributed by atoms with E-state index in [4.69, 9.17) is 9.47 Å². The van der Waals surface area contributed by atoms with Gasteiger partial charge in [-0.1, -0.05) is 0 Å². The zero-order chi connectivity index (χ0) is 20.6. The molecule has 0 bridgehead atoms. The van der Waals surface area contributed by atoms with E-state index in [1.807, 2.05) is 24.3 Å². The number of amides is 1. The van der Waals surface area contributed by atoms with Gasteiger partial charge >= 0.3 is 0 Å². The molecule has 0 radical (unpaired) electrons. The van der Waals surface area contributed by atoms with Crippen LogP contribution < -0.4 is 20.5 Å². The lowest BCUT2D eigenvalue weighted by atomic mass is 9.94. The van der Waals surface area contributed by atoms with Crippen LogP contribution in [0.3, 0.4) is 0 Å². The van der Waals surface area contributed by atoms with Gasteiger partial charge in [-0.25, -0.2) is 4.68 Å². The molecule has 1 N–H and O–H groups in total. The number of hydrogen-bond acceptors (Lipinski definition) is 6. The molecule has 3 rings (SSSR count). The molecular weight excluding hydrogens is 372 g/mol. The number of benzene rings is 1. The average Bonchev–Trinajstić information content (AvgIpc) is 2.73. The molecule has 1 fully saturated rings. The van der Waals surface area contributed by atoms with Crippen molar-refractivity contribution in [2.75, 3.05) is 44.1 Å². The van der Waals surface area contributed by atoms with E-state index < -0.39 is 0 Å². The quantitative estimate of drug-likeness (QED) is 0.731. The van der Waals surface area contributed by atoms with E-state index in [1.165, 1.54) is 4.68 Å². The van der Waals surface area contributed by atoms with Gasteiger partial charge in [-0.05, 0) is 43.0 Å². The standard InChI is InChI=1S/C21H28N4O4/c1-28-11-10-25-21(27)13-18(14-22-25)24-9-3-4-16(15-24)12-20(26)23-17-5-7-19(29-2)8-6-17/h5-8,13-14,16H,3-4,9-12,15H2,1-2H3,(H,23,26). The Morgan fingerprint density at radius 3 is 2.76 bits per heavy atom. The molecule has 0 saturated carbocycles. The lowest BCUT2D eigenvalue weighted by Crippen LogP contribution is -2.38. The van der Waals surface area contributed by atoms with Crippen LogP contribution in [0.1, 0.15) is 19.3 Å². The van der Waals surface area contributed by atoms with E-state index in [2.05, 4.69) is 15.3 Å². The Labute approximate surface area is 170 Å². The van der Waals surface area contributed by atoms with Crippen LogP contribution in [-0.4, -0.2) is 49.6 Å². The van der Waals surface area contributed by atoms with Crippen molar-refractivity contribution in [1.82, 2.24) is 9.78 Å². The zero-order valence-electron chi connectivity index (χ0n) is 17.0. The van der Waals surface area contributed by atoms with Gasteiger partial charge in [0.25, 0.3) is 5.56 Å². The van der Waals surface area contributed by atoms with Crippen molar-refractivity contribution in [3.8, 4) is 5.75 Å². The predicted molar refractivity (Wildman–Crippen MR) is 112 cm³/mol. The summed E-state index contributed by atoms with van der Waals surface area (Å²) < 4.78 is 11.5. The molecule has 1 aliphatic rings. The van der Waals surface area contributed by atoms with Gasteiger partial charge in [0.2, 0.25) is 5.91 Å². The van der Waals surface area contributed by atoms with Gasteiger partial charge in [0.05, 0.1) is 32.1 Å². The predicted octanol–water partition coefficient (Wildman–Crippen LogP) is 2.14. The average molecular weight is 400 g/mol. The zero-order valence-corrected chi connectivity index (χ0v) is 17.0. The summed E-state index contributed by atoms with van der Waals surface area (Å²) in [4.78, 5) is 26.8. The number of piperidine rings is 1. The van der Waals surface area contributed by atoms with Crippen LogP contribution in [0.5, 0.6) is 5.75 Å². The Morgan fingerprint density at radius 1 is 1.28 bits per heavy atom. The van der Waals surface area contributed by atoms with E-state index >= 15 is 0 Å². The minimum atomic E-state index is -0.140. The monoisotopic (exact) mass is 400 g/mol. The summed E-state index contributed by atoms with van der Waals surface area (Å²) in [5, 5.41) is 7.18. The van der Waals surface area contributed by atoms with Crippen LogP contribution in [-0.2, 0) is 16.1 Å². The first-order valence-electron chi connectivity index (χ1n) is 9.84. The molecule has 8 nitrogen and oxygen atoms in total. The molecule has 2 heterocycles. The number of hydrogen-bond donors (Lipinski definition) is 1. The van der Waals surface area contributed by atoms with Crippen LogP contribution in [0.4, 0.5) is 11.4 Å². The van der Waals surface area contributed by atoms with E-state index in [0.717, 1.165) is 43.1 Å². The number of carbonyl (C=O) groups excluding carboxylic acids is 1. The number of anilines is 2. The second-order valence-corrected chi connectivity index (χ2v) is 7.20. The van der Waals surface area contributed by atoms with Gasteiger partial charge in [-0.2, -0.15) is 5.10 Å². The third-order valence-corrected chi connectivity index (χ3v) is 5.09. The number of methoxy groups -OCH3 is 2. The highest BCUT2D eigenvalue weighted by molar-refractivity contribution is 5.90. The fourth-order valence-corrected chi connectivity index (χ4v) is 3.56. The third-order valence-electron chi connectivity index (χ3n) is 5.09. The Bertz CT molecular complexity index is 866. The van der Waals surface area contributed by atoms with Crippen molar-refractivity contribution in [1.29, 1.82) is 0 Å². The molecular formula is C21H28N4O4. The smallest absolute Gasteiger partial charge is 0.268 e. The maximum absolute atomic E-state index is 12.4. The first-order chi connectivity index (χ1) is 14.1. The molecule has 156 valence electrons. The molecule has 1 atom stereocenters. The number of ether oxygens (including phenoxy) is 2. The van der Waals surface area contributed by atoms with Crippen LogP contribution in [0.15, 0.2) is 41.3 Å². The first kappa shape index (κ1) is 20.9. The number of aromatic nitrogens is 2. The van der Waals surface area contributed by atoms with Crippen LogP contribution in [0.2, 0.25) is 0 Å². The highest BCUT2D eigenvalue weighted by atomic mass is 16.5. The van der Waals surface area contributed by atoms with Gasteiger partial charge in [0.1, 0.15) is 5.75 Å². The van der Waals surface area contributed by atoms with Gasteiger partial charge < -0.3 is 19.7 Å². The highest BCUT2D eigenvalue weighted by Crippen LogP contribution is 2.24. The van der Waals surface area contributed by atoms with E-state index in [9.17, 15) is 9.59 Å². The van der Waals surface area contributed by atoms with Gasteiger partial charge in [0, 0.05) is 38.4 Å². The van der Waals surface area contributed by atoms with Crippen molar-refractivity contribution < 1.29 is 14.3 Å². The largest absolute Gasteiger partial charge is 0.497 e. The molecule has 1 aliphatic heterocycles. The van der Waals surface area contributed by atoms with Crippen molar-refractivity contribution in [3.05, 3.63) is 46.9 Å². The Kier molecular flexibility index (Phi) is 7.24. The molecule has 1 aromatic carbocycles. The lowest BCUT2D eigenvalue weighted by Gasteiger charge is -2.34. The van der Waals surface area contributed by atoms with Crippen LogP contribution >= 0.6 is 0 Å². The van der Waals surface area contributed by atoms with E-state index in [1.54, 1.807) is 26.5 Å². The Hall–Kier alpha value is -2.87. The SMILES string of the molecule is COCCn1ncc(N2CCCC(CC(=O)Nc3ccc(OC)cc3)C2)cc1=O. The van der Waals surface area contributed by atoms with Crippen molar-refractivity contribution in [3.63, 3.8) is 0 Å². The minimum absolute atomic E-state index is 0.00451. The van der Waals surface area contributed by atoms with Crippen molar-refractivity contribution in [2.45, 2.75) is 25.8 Å². The summed E-state index contributed by atoms with van der Waals surface area (Å²) in [5.41, 5.74) is 1.43. The van der Waals surface area contributed by atoms with E-state index in [0.29, 0.717) is 19.6 Å². The Balaban J connectivity index is 1.56. The molecule has 0 aliphatic carbocycles. The summed E-state index contributed by atoms with van der Waals surface area (Å²) in [6, 6.07) is 8.91. The molecule has 1 aromatic heterocycles. The maximum atomic E-state index is 12.4. The summed E-state index contributed by atoms with van der Waals surface area (Å²) in [6.07, 6.45) is 4.13. The molecule has 8 heteroatoms. The fraction of sp³-hybridized carbons (Fsp3) is 0.476. The topological polar surface area (TPSA) is 85.7 Å². The molecule has 2 aromatic rings.